The van der Waals surface area contributed by atoms with Crippen LogP contribution in [-0.4, -0.2) is 45.7 Å². The maximum absolute atomic E-state index is 2.38. The van der Waals surface area contributed by atoms with E-state index in [1.54, 1.807) is 0 Å². The monoisotopic (exact) mass is 1830 g/mol. The quantitative estimate of drug-likeness (QED) is 0.0341. The molecule has 0 aliphatic carbocycles. The Hall–Kier alpha value is -7.90. The Balaban J connectivity index is -0.000000153. The molecule has 20 heteroatoms. The number of hydrogen-bond donors (Lipinski definition) is 0. The van der Waals surface area contributed by atoms with E-state index < -0.39 is 0 Å². The molecule has 10 aromatic heterocycles. The van der Waals surface area contributed by atoms with Crippen LogP contribution in [0.3, 0.4) is 0 Å². The largest absolute Gasteiger partial charge is 0.256 e. The first-order valence-electron chi connectivity index (χ1n) is 48.3. The fourth-order valence-electron chi connectivity index (χ4n) is 12.9. The van der Waals surface area contributed by atoms with Crippen LogP contribution in [0.4, 0.5) is 0 Å². The van der Waals surface area contributed by atoms with Crippen LogP contribution in [0.25, 0.3) is 0 Å². The number of unbranched alkanes of at least 4 members (excludes halogenated alkanes) is 11. The predicted octanol–water partition coefficient (Wildman–Crippen LogP) is 25.6. The van der Waals surface area contributed by atoms with Crippen LogP contribution in [0.1, 0.15) is 417 Å². The smallest absolute Gasteiger partial charge is 0.240 e. The van der Waals surface area contributed by atoms with E-state index in [1.807, 2.05) is 7.05 Å². The maximum Gasteiger partial charge on any atom is 0.256 e. The SMILES string of the molecule is C.C.C.C.C.C.C.C.C.C.CCCC[n+]1ccn(C(C)(C)C)c1.CCCC[n+]1ccn(C(C)C)c1.CCCC[n+]1ccn(C(C)CC)c1.CCCC[n+]1ccn(CC)c1.CCCCn1cc[n+](C)c1.CCCCn1cc[n+](C)c1C.CCCCn1cc[n+](C)c1CC.CCCCn1cc[n+](C)c1CCC.CCCCn1cc[n+](CCC)c1.CCCCn1cc[n+](CCCC)c1. The topological polar surface area (TPSA) is 88.1 Å². The Labute approximate surface area is 810 Å². The van der Waals surface area contributed by atoms with Gasteiger partial charge in [-0.15, -0.1) is 0 Å². The average molecular weight is 1830 g/mol. The molecule has 0 saturated heterocycles. The van der Waals surface area contributed by atoms with Crippen molar-refractivity contribution in [3.8, 4) is 0 Å². The summed E-state index contributed by atoms with van der Waals surface area (Å²) in [6, 6.07) is 1.20. The lowest BCUT2D eigenvalue weighted by molar-refractivity contribution is -0.697. The molecule has 1 unspecified atom stereocenters. The highest BCUT2D eigenvalue weighted by atomic mass is 15.2. The molecule has 0 N–H and O–H groups in total. The van der Waals surface area contributed by atoms with Gasteiger partial charge in [0.25, 0.3) is 17.5 Å². The third-order valence-electron chi connectivity index (χ3n) is 21.5. The molecule has 0 aromatic carbocycles. The number of hydrogen-bond acceptors (Lipinski definition) is 0. The lowest BCUT2D eigenvalue weighted by atomic mass is 10.1. The number of nitrogens with zero attached hydrogens (tertiary/aromatic N) is 20. The Morgan fingerprint density at radius 1 is 0.285 bits per heavy atom. The standard InChI is InChI=1S/4C11H21N2.3C10H19N2.2C9H17N2.C8H15N2.10CH4/c1-5-6-7-12-8-9-13(10-12)11(2,3)4;1-4-6-7-12-8-9-13(10-12)11(3)5-2;1-4-6-8-13-10-9-12(3)11(13)7-5-2;1-3-5-7-12-9-10-13(11-12)8-6-4-2;1-4-5-6-11-7-8-12(9-11)10(2)3;1-4-6-7-12-9-8-11(3)10(12)5-2;1-3-5-7-12-9-8-11(10-12)6-4-2;1-4-5-6-11-8-7-10(3)9(11)2;1-3-5-6-11-8-7-10(4-2)9-11;1-3-4-5-10-7-6-9(2)8-10;;;;;;;;;;/h8-10H,5-7H2,1-4H3;8-11H,4-7H2,1-3H3;9-10H,4-8H2,1-3H3;9-11H,3-8H2,1-2H3;7-10H,4-6H2,1-3H3;8-9H,4-7H2,1-3H3;8-10H,3-7H2,1-2H3;7-8H,4-6H2,1-3H3;7-9H,3-6H2,1-2H3;6-8H,3-5H2,1-2H3;10*1H4/q10*+1;;;;;;;;;;. The van der Waals surface area contributed by atoms with E-state index in [1.165, 1.54) is 198 Å². The average Bonchev–Trinajstić information content (AvgIpc) is 1.72. The van der Waals surface area contributed by atoms with Gasteiger partial charge in [-0.25, -0.2) is 91.3 Å². The summed E-state index contributed by atoms with van der Waals surface area (Å²) in [6.45, 7) is 65.9. The van der Waals surface area contributed by atoms with E-state index in [0.717, 1.165) is 78.4 Å². The summed E-state index contributed by atoms with van der Waals surface area (Å²) in [6.07, 6.45) is 92.1. The van der Waals surface area contributed by atoms with Gasteiger partial charge in [0.2, 0.25) is 44.3 Å². The normalized spacial score (nSPS) is 10.2. The molecule has 0 bridgehead atoms. The minimum atomic E-state index is 0. The summed E-state index contributed by atoms with van der Waals surface area (Å²) in [5.41, 5.74) is 0.206. The number of rotatable bonds is 42. The third-order valence-corrected chi connectivity index (χ3v) is 21.5. The lowest BCUT2D eigenvalue weighted by Gasteiger charge is -2.13. The second-order valence-electron chi connectivity index (χ2n) is 34.0. The van der Waals surface area contributed by atoms with Gasteiger partial charge in [0.15, 0.2) is 0 Å². The summed E-state index contributed by atoms with van der Waals surface area (Å²) >= 11 is 0. The van der Waals surface area contributed by atoms with Crippen molar-refractivity contribution in [3.05, 3.63) is 186 Å². The number of aryl methyl sites for hydroxylation is 17. The van der Waals surface area contributed by atoms with Crippen molar-refractivity contribution < 1.29 is 45.7 Å². The molecule has 0 aliphatic rings. The lowest BCUT2D eigenvalue weighted by Crippen LogP contribution is -2.32. The summed E-state index contributed by atoms with van der Waals surface area (Å²) in [5.74, 6) is 4.21. The van der Waals surface area contributed by atoms with E-state index in [4.69, 9.17) is 0 Å². The molecule has 0 spiro atoms. The molecule has 0 saturated carbocycles. The molecule has 130 heavy (non-hydrogen) atoms. The van der Waals surface area contributed by atoms with Crippen molar-refractivity contribution in [2.45, 2.75) is 510 Å². The van der Waals surface area contributed by atoms with E-state index in [0.29, 0.717) is 12.1 Å². The van der Waals surface area contributed by atoms with Crippen molar-refractivity contribution in [1.82, 2.24) is 45.7 Å². The Kier molecular flexibility index (Phi) is 97.5. The maximum atomic E-state index is 2.38. The molecule has 10 aromatic rings. The van der Waals surface area contributed by atoms with Crippen LogP contribution < -0.4 is 45.7 Å². The van der Waals surface area contributed by atoms with Crippen LogP contribution >= 0.6 is 0 Å². The van der Waals surface area contributed by atoms with Crippen molar-refractivity contribution in [2.75, 3.05) is 0 Å². The van der Waals surface area contributed by atoms with Crippen LogP contribution in [0.2, 0.25) is 0 Å². The first-order chi connectivity index (χ1) is 57.8. The van der Waals surface area contributed by atoms with Gasteiger partial charge in [0, 0.05) is 19.8 Å². The zero-order valence-electron chi connectivity index (χ0n) is 83.0. The van der Waals surface area contributed by atoms with E-state index in [9.17, 15) is 0 Å². The van der Waals surface area contributed by atoms with E-state index in [-0.39, 0.29) is 79.8 Å². The minimum Gasteiger partial charge on any atom is -0.240 e. The molecule has 10 heterocycles. The highest BCUT2D eigenvalue weighted by Crippen LogP contribution is 2.12. The molecule has 0 amide bonds. The fourth-order valence-corrected chi connectivity index (χ4v) is 12.9. The van der Waals surface area contributed by atoms with Crippen LogP contribution in [0, 0.1) is 6.92 Å². The molecule has 0 fully saturated rings. The van der Waals surface area contributed by atoms with Crippen LogP contribution in [0.15, 0.2) is 168 Å². The van der Waals surface area contributed by atoms with Crippen molar-refractivity contribution in [2.24, 2.45) is 28.2 Å². The molecule has 0 aliphatic heterocycles. The molecule has 0 radical (unpaired) electrons. The molecule has 760 valence electrons. The molecule has 20 nitrogen and oxygen atoms in total. The second kappa shape index (κ2) is 89.0. The Morgan fingerprint density at radius 3 is 0.931 bits per heavy atom. The zero-order chi connectivity index (χ0) is 89.3. The Bertz CT molecular complexity index is 3930. The van der Waals surface area contributed by atoms with E-state index in [2.05, 4.69) is 440 Å². The van der Waals surface area contributed by atoms with Gasteiger partial charge in [-0.3, -0.25) is 0 Å². The second-order valence-corrected chi connectivity index (χ2v) is 34.0. The third kappa shape index (κ3) is 63.3. The molecular formula is C110H230N20+10. The Morgan fingerprint density at radius 2 is 0.600 bits per heavy atom. The summed E-state index contributed by atoms with van der Waals surface area (Å²) in [7, 11) is 8.37. The summed E-state index contributed by atoms with van der Waals surface area (Å²) in [5, 5.41) is 0. The highest BCUT2D eigenvalue weighted by Gasteiger charge is 2.20. The fraction of sp³-hybridized carbons (Fsp3) is 0.727. The molecule has 10 rings (SSSR count). The minimum absolute atomic E-state index is 0. The highest BCUT2D eigenvalue weighted by molar-refractivity contribution is 4.85. The zero-order valence-corrected chi connectivity index (χ0v) is 83.0. The van der Waals surface area contributed by atoms with Gasteiger partial charge < -0.3 is 0 Å². The van der Waals surface area contributed by atoms with Gasteiger partial charge in [0.1, 0.15) is 129 Å². The van der Waals surface area contributed by atoms with Crippen LogP contribution in [0.5, 0.6) is 0 Å². The van der Waals surface area contributed by atoms with Gasteiger partial charge in [-0.05, 0) is 138 Å². The number of aromatic nitrogens is 20. The first kappa shape index (κ1) is 142. The van der Waals surface area contributed by atoms with Crippen LogP contribution in [-0.2, 0) is 132 Å². The summed E-state index contributed by atoms with van der Waals surface area (Å²) in [4.78, 5) is 0. The van der Waals surface area contributed by atoms with Crippen molar-refractivity contribution in [1.29, 1.82) is 0 Å². The van der Waals surface area contributed by atoms with E-state index >= 15 is 0 Å². The summed E-state index contributed by atoms with van der Waals surface area (Å²) < 4.78 is 44.9. The van der Waals surface area contributed by atoms with Gasteiger partial charge in [-0.2, -0.15) is 0 Å². The van der Waals surface area contributed by atoms with Gasteiger partial charge >= 0.3 is 0 Å². The van der Waals surface area contributed by atoms with Crippen molar-refractivity contribution in [3.63, 3.8) is 0 Å². The number of imidazole rings is 10. The van der Waals surface area contributed by atoms with Crippen molar-refractivity contribution >= 4 is 0 Å². The molecular weight excluding hydrogens is 1600 g/mol. The van der Waals surface area contributed by atoms with Gasteiger partial charge in [-0.1, -0.05) is 249 Å². The predicted molar refractivity (Wildman–Crippen MR) is 566 cm³/mol. The first-order valence-corrected chi connectivity index (χ1v) is 48.3. The molecule has 1 atom stereocenters. The van der Waals surface area contributed by atoms with Gasteiger partial charge in [0.05, 0.1) is 125 Å².